The first kappa shape index (κ1) is 13.8. The van der Waals surface area contributed by atoms with Gasteiger partial charge in [-0.1, -0.05) is 60.7 Å². The van der Waals surface area contributed by atoms with Gasteiger partial charge >= 0.3 is 0 Å². The molecular formula is C16H12BrOPS. The van der Waals surface area contributed by atoms with Gasteiger partial charge in [-0.2, -0.15) is 0 Å². The van der Waals surface area contributed by atoms with Crippen molar-refractivity contribution in [1.82, 2.24) is 0 Å². The van der Waals surface area contributed by atoms with E-state index in [1.54, 1.807) is 0 Å². The summed E-state index contributed by atoms with van der Waals surface area (Å²) in [6.45, 7) is 0. The van der Waals surface area contributed by atoms with Gasteiger partial charge in [-0.05, 0) is 28.1 Å². The van der Waals surface area contributed by atoms with Gasteiger partial charge in [-0.25, -0.2) is 0 Å². The molecule has 0 aliphatic carbocycles. The van der Waals surface area contributed by atoms with E-state index in [0.29, 0.717) is 0 Å². The Morgan fingerprint density at radius 3 is 1.65 bits per heavy atom. The fourth-order valence-electron chi connectivity index (χ4n) is 2.15. The second-order valence-corrected chi connectivity index (χ2v) is 9.86. The second kappa shape index (κ2) is 5.69. The molecule has 1 nitrogen and oxygen atoms in total. The zero-order chi connectivity index (χ0) is 14.0. The smallest absolute Gasteiger partial charge is 0.180 e. The highest BCUT2D eigenvalue weighted by atomic mass is 79.9. The van der Waals surface area contributed by atoms with Crippen molar-refractivity contribution >= 4 is 49.6 Å². The number of hydrogen-bond donors (Lipinski definition) is 0. The van der Waals surface area contributed by atoms with Gasteiger partial charge in [0.05, 0.1) is 8.40 Å². The summed E-state index contributed by atoms with van der Waals surface area (Å²) in [5.74, 6) is 0. The van der Waals surface area contributed by atoms with Crippen molar-refractivity contribution in [2.24, 2.45) is 0 Å². The van der Waals surface area contributed by atoms with Crippen LogP contribution in [-0.4, -0.2) is 0 Å². The third-order valence-corrected chi connectivity index (χ3v) is 8.40. The van der Waals surface area contributed by atoms with Crippen LogP contribution in [0.4, 0.5) is 0 Å². The molecule has 0 atom stereocenters. The Morgan fingerprint density at radius 2 is 1.25 bits per heavy atom. The average molecular weight is 363 g/mol. The van der Waals surface area contributed by atoms with Crippen LogP contribution in [0.15, 0.2) is 76.6 Å². The highest BCUT2D eigenvalue weighted by Gasteiger charge is 2.30. The lowest BCUT2D eigenvalue weighted by atomic mass is 10.4. The minimum absolute atomic E-state index is 0.876. The Balaban J connectivity index is 2.26. The van der Waals surface area contributed by atoms with E-state index in [-0.39, 0.29) is 0 Å². The molecule has 0 N–H and O–H groups in total. The fraction of sp³-hybridized carbons (Fsp3) is 0. The van der Waals surface area contributed by atoms with Gasteiger partial charge < -0.3 is 4.57 Å². The van der Waals surface area contributed by atoms with E-state index in [9.17, 15) is 4.57 Å². The molecule has 0 unspecified atom stereocenters. The van der Waals surface area contributed by atoms with Gasteiger partial charge in [0.1, 0.15) is 0 Å². The van der Waals surface area contributed by atoms with Crippen molar-refractivity contribution in [2.45, 2.75) is 0 Å². The maximum absolute atomic E-state index is 13.8. The van der Waals surface area contributed by atoms with Gasteiger partial charge in [-0.3, -0.25) is 0 Å². The lowest BCUT2D eigenvalue weighted by Crippen LogP contribution is -2.22. The third kappa shape index (κ3) is 2.42. The van der Waals surface area contributed by atoms with Crippen LogP contribution in [0.3, 0.4) is 0 Å². The largest absolute Gasteiger partial charge is 0.308 e. The molecule has 0 saturated carbocycles. The monoisotopic (exact) mass is 362 g/mol. The van der Waals surface area contributed by atoms with E-state index in [1.807, 2.05) is 72.8 Å². The molecule has 4 heteroatoms. The average Bonchev–Trinajstić information content (AvgIpc) is 2.95. The van der Waals surface area contributed by atoms with E-state index in [2.05, 4.69) is 15.9 Å². The van der Waals surface area contributed by atoms with E-state index in [4.69, 9.17) is 0 Å². The molecular weight excluding hydrogens is 351 g/mol. The first-order valence-corrected chi connectivity index (χ1v) is 9.50. The van der Waals surface area contributed by atoms with Crippen LogP contribution < -0.4 is 15.2 Å². The van der Waals surface area contributed by atoms with E-state index in [1.165, 1.54) is 11.3 Å². The molecule has 0 aliphatic heterocycles. The number of thiophene rings is 1. The Kier molecular flexibility index (Phi) is 3.93. The third-order valence-electron chi connectivity index (χ3n) is 3.11. The molecule has 20 heavy (non-hydrogen) atoms. The predicted molar refractivity (Wildman–Crippen MR) is 91.4 cm³/mol. The topological polar surface area (TPSA) is 17.1 Å². The predicted octanol–water partition coefficient (Wildman–Crippen LogP) is 4.15. The lowest BCUT2D eigenvalue weighted by Gasteiger charge is -2.17. The second-order valence-electron chi connectivity index (χ2n) is 4.36. The summed E-state index contributed by atoms with van der Waals surface area (Å²) >= 11 is 5.01. The summed E-state index contributed by atoms with van der Waals surface area (Å²) in [7, 11) is -2.77. The molecule has 0 bridgehead atoms. The Bertz CT molecular complexity index is 709. The van der Waals surface area contributed by atoms with E-state index < -0.39 is 7.14 Å². The molecule has 0 saturated heterocycles. The minimum atomic E-state index is -2.77. The fourth-order valence-corrected chi connectivity index (χ4v) is 7.37. The normalized spacial score (nSPS) is 11.4. The molecule has 2 aromatic carbocycles. The van der Waals surface area contributed by atoms with E-state index in [0.717, 1.165) is 19.0 Å². The molecule has 3 aromatic rings. The van der Waals surface area contributed by atoms with Gasteiger partial charge in [0.2, 0.25) is 0 Å². The number of halogens is 1. The molecule has 1 aromatic heterocycles. The summed E-state index contributed by atoms with van der Waals surface area (Å²) in [6, 6.07) is 23.3. The number of hydrogen-bond acceptors (Lipinski definition) is 2. The summed E-state index contributed by atoms with van der Waals surface area (Å²) in [5, 5.41) is 1.75. The van der Waals surface area contributed by atoms with Gasteiger partial charge in [0.15, 0.2) is 7.14 Å². The van der Waals surface area contributed by atoms with Crippen molar-refractivity contribution in [2.75, 3.05) is 0 Å². The molecule has 0 fully saturated rings. The number of rotatable bonds is 3. The van der Waals surface area contributed by atoms with Crippen molar-refractivity contribution in [1.29, 1.82) is 0 Å². The van der Waals surface area contributed by atoms with Crippen LogP contribution in [0.2, 0.25) is 0 Å². The summed E-state index contributed by atoms with van der Waals surface area (Å²) in [4.78, 5) is 0. The van der Waals surface area contributed by atoms with Gasteiger partial charge in [0.25, 0.3) is 0 Å². The maximum Gasteiger partial charge on any atom is 0.180 e. The summed E-state index contributed by atoms with van der Waals surface area (Å²) in [5.41, 5.74) is 0. The lowest BCUT2D eigenvalue weighted by molar-refractivity contribution is 0.593. The van der Waals surface area contributed by atoms with Crippen molar-refractivity contribution in [3.63, 3.8) is 0 Å². The standard InChI is InChI=1S/C16H12BrOPS/c17-15-11-12-16(20-15)19(18,13-7-3-1-4-8-13)14-9-5-2-6-10-14/h1-12H. The molecule has 0 amide bonds. The zero-order valence-corrected chi connectivity index (χ0v) is 13.9. The Hall–Kier alpha value is -1.15. The number of benzene rings is 2. The summed E-state index contributed by atoms with van der Waals surface area (Å²) < 4.78 is 15.7. The Labute approximate surface area is 130 Å². The van der Waals surface area contributed by atoms with Crippen LogP contribution in [-0.2, 0) is 4.57 Å². The van der Waals surface area contributed by atoms with Crippen LogP contribution in [0, 0.1) is 0 Å². The first-order valence-electron chi connectivity index (χ1n) is 6.18. The first-order chi connectivity index (χ1) is 9.71. The minimum Gasteiger partial charge on any atom is -0.308 e. The highest BCUT2D eigenvalue weighted by Crippen LogP contribution is 2.44. The molecule has 3 rings (SSSR count). The van der Waals surface area contributed by atoms with Crippen molar-refractivity contribution in [3.8, 4) is 0 Å². The van der Waals surface area contributed by atoms with Crippen molar-refractivity contribution in [3.05, 3.63) is 76.6 Å². The van der Waals surface area contributed by atoms with Crippen LogP contribution >= 0.6 is 34.4 Å². The van der Waals surface area contributed by atoms with Gasteiger partial charge in [0, 0.05) is 10.6 Å². The van der Waals surface area contributed by atoms with E-state index >= 15 is 0 Å². The van der Waals surface area contributed by atoms with Crippen LogP contribution in [0.25, 0.3) is 0 Å². The quantitative estimate of drug-likeness (QED) is 0.639. The molecule has 1 heterocycles. The molecule has 0 spiro atoms. The van der Waals surface area contributed by atoms with Crippen LogP contribution in [0.5, 0.6) is 0 Å². The van der Waals surface area contributed by atoms with Crippen LogP contribution in [0.1, 0.15) is 0 Å². The van der Waals surface area contributed by atoms with Crippen molar-refractivity contribution < 1.29 is 4.57 Å². The van der Waals surface area contributed by atoms with Gasteiger partial charge in [-0.15, -0.1) is 11.3 Å². The molecule has 0 radical (unpaired) electrons. The molecule has 0 aliphatic rings. The Morgan fingerprint density at radius 1 is 0.750 bits per heavy atom. The highest BCUT2D eigenvalue weighted by molar-refractivity contribution is 9.11. The summed E-state index contributed by atoms with van der Waals surface area (Å²) in [6.07, 6.45) is 0. The zero-order valence-electron chi connectivity index (χ0n) is 10.6. The maximum atomic E-state index is 13.8. The SMILES string of the molecule is O=P(c1ccccc1)(c1ccccc1)c1ccc(Br)s1. The molecule has 100 valence electrons.